The van der Waals surface area contributed by atoms with Crippen molar-refractivity contribution < 1.29 is 36.8 Å². The molecule has 0 N–H and O–H groups in total. The number of rotatable bonds is 15. The highest BCUT2D eigenvalue weighted by molar-refractivity contribution is 7.85. The van der Waals surface area contributed by atoms with Gasteiger partial charge in [-0.1, -0.05) is 55.3 Å². The molecule has 1 fully saturated rings. The molecule has 0 spiro atoms. The van der Waals surface area contributed by atoms with Crippen LogP contribution >= 0.6 is 0 Å². The van der Waals surface area contributed by atoms with Crippen LogP contribution in [-0.4, -0.2) is 55.2 Å². The average molecular weight is 751 g/mol. The molecule has 4 aromatic rings. The lowest BCUT2D eigenvalue weighted by Crippen LogP contribution is -2.32. The van der Waals surface area contributed by atoms with Crippen molar-refractivity contribution in [2.45, 2.75) is 63.7 Å². The number of hydrogen-bond donors (Lipinski definition) is 0. The summed E-state index contributed by atoms with van der Waals surface area (Å²) in [6.07, 6.45) is 11.2. The number of carbonyl (C=O) groups is 3. The second kappa shape index (κ2) is 16.4. The fourth-order valence-corrected chi connectivity index (χ4v) is 7.94. The molecule has 0 bridgehead atoms. The number of benzene rings is 3. The predicted octanol–water partition coefficient (Wildman–Crippen LogP) is 6.60. The highest BCUT2D eigenvalue weighted by atomic mass is 32.2. The summed E-state index contributed by atoms with van der Waals surface area (Å²) in [5.74, 6) is -2.08. The summed E-state index contributed by atoms with van der Waals surface area (Å²) in [6.45, 7) is 2.53. The lowest BCUT2D eigenvalue weighted by Gasteiger charge is -2.31. The van der Waals surface area contributed by atoms with Crippen LogP contribution in [0.2, 0.25) is 0 Å². The van der Waals surface area contributed by atoms with Crippen molar-refractivity contribution in [3.05, 3.63) is 114 Å². The number of imide groups is 1. The van der Waals surface area contributed by atoms with E-state index >= 15 is 0 Å². The van der Waals surface area contributed by atoms with Gasteiger partial charge in [-0.05, 0) is 79.8 Å². The van der Waals surface area contributed by atoms with Crippen molar-refractivity contribution >= 4 is 61.9 Å². The number of para-hydroxylation sites is 2. The van der Waals surface area contributed by atoms with Crippen LogP contribution in [0.25, 0.3) is 17.0 Å². The second-order valence-corrected chi connectivity index (χ2v) is 15.6. The number of hydroxylamine groups is 2. The number of amides is 2. The van der Waals surface area contributed by atoms with Gasteiger partial charge in [-0.3, -0.25) is 9.59 Å². The first kappa shape index (κ1) is 38.4. The molecule has 6 rings (SSSR count). The Labute approximate surface area is 316 Å². The molecule has 0 radical (unpaired) electrons. The third kappa shape index (κ3) is 8.55. The SMILES string of the molecule is CN(c1ccccc1)c1ccc2c(c1)C(C)(CCCCCC(=O)ON1C(=O)CCC1=O)/C(=C\C=C\c1cc[n+](C)c3ccccc13)N2CCCS(=O)(=O)[O-]. The molecule has 1 saturated heterocycles. The molecular weight excluding hydrogens is 705 g/mol. The summed E-state index contributed by atoms with van der Waals surface area (Å²) in [5, 5.41) is 1.69. The summed E-state index contributed by atoms with van der Waals surface area (Å²) in [4.78, 5) is 45.6. The summed E-state index contributed by atoms with van der Waals surface area (Å²) < 4.78 is 37.1. The van der Waals surface area contributed by atoms with E-state index in [-0.39, 0.29) is 25.7 Å². The monoisotopic (exact) mass is 750 g/mol. The molecule has 3 heterocycles. The average Bonchev–Trinajstić information content (AvgIpc) is 3.59. The molecule has 12 heteroatoms. The fraction of sp³-hybridized carbons (Fsp3) is 0.333. The van der Waals surface area contributed by atoms with Crippen LogP contribution in [0.3, 0.4) is 0 Å². The Morgan fingerprint density at radius 1 is 0.944 bits per heavy atom. The Balaban J connectivity index is 1.31. The van der Waals surface area contributed by atoms with Gasteiger partial charge in [-0.2, -0.15) is 0 Å². The summed E-state index contributed by atoms with van der Waals surface area (Å²) >= 11 is 0. The van der Waals surface area contributed by atoms with Gasteiger partial charge >= 0.3 is 5.97 Å². The minimum absolute atomic E-state index is 0.0461. The van der Waals surface area contributed by atoms with E-state index in [9.17, 15) is 27.4 Å². The van der Waals surface area contributed by atoms with Gasteiger partial charge in [0.25, 0.3) is 11.8 Å². The number of nitrogens with zero attached hydrogens (tertiary/aromatic N) is 4. The Kier molecular flexibility index (Phi) is 11.6. The first-order chi connectivity index (χ1) is 25.9. The molecule has 1 unspecified atom stereocenters. The Morgan fingerprint density at radius 2 is 1.67 bits per heavy atom. The second-order valence-electron chi connectivity index (χ2n) is 14.1. The zero-order chi connectivity index (χ0) is 38.5. The number of pyridine rings is 1. The first-order valence-corrected chi connectivity index (χ1v) is 19.9. The lowest BCUT2D eigenvalue weighted by atomic mass is 9.76. The predicted molar refractivity (Wildman–Crippen MR) is 207 cm³/mol. The molecule has 2 amide bonds. The third-order valence-electron chi connectivity index (χ3n) is 10.4. The lowest BCUT2D eigenvalue weighted by molar-refractivity contribution is -0.644. The molecule has 0 aliphatic carbocycles. The maximum absolute atomic E-state index is 12.5. The van der Waals surface area contributed by atoms with Crippen LogP contribution in [0.15, 0.2) is 103 Å². The van der Waals surface area contributed by atoms with Gasteiger partial charge in [0, 0.05) is 78.9 Å². The van der Waals surface area contributed by atoms with Crippen molar-refractivity contribution in [1.82, 2.24) is 5.06 Å². The van der Waals surface area contributed by atoms with Gasteiger partial charge in [0.05, 0.1) is 15.5 Å². The van der Waals surface area contributed by atoms with Gasteiger partial charge in [0.1, 0.15) is 7.05 Å². The Hall–Kier alpha value is -5.33. The standard InChI is InChI=1S/C42H46N4O7S/c1-42(26-11-5-8-20-41(49)53-46-39(47)23-24-40(46)48)35-30-33(44(3)32-15-6-4-7-16-32)21-22-37(35)45(27-13-29-54(50,51)52)38(42)19-12-14-31-25-28-43(2)36-18-10-9-17-34(31)36/h4,6-7,9-10,12,14-19,21-22,25,28,30H,5,8,11,13,20,23-24,26-27,29H2,1-3H3. The summed E-state index contributed by atoms with van der Waals surface area (Å²) in [5.41, 5.74) is 6.66. The normalized spacial score (nSPS) is 18.0. The highest BCUT2D eigenvalue weighted by Gasteiger charge is 2.43. The number of anilines is 3. The number of hydrogen-bond acceptors (Lipinski definition) is 9. The minimum atomic E-state index is -4.40. The van der Waals surface area contributed by atoms with Crippen LogP contribution < -0.4 is 14.4 Å². The quantitative estimate of drug-likeness (QED) is 0.0571. The first-order valence-electron chi connectivity index (χ1n) is 18.3. The minimum Gasteiger partial charge on any atom is -0.748 e. The van der Waals surface area contributed by atoms with Crippen LogP contribution in [0.4, 0.5) is 17.1 Å². The number of aromatic nitrogens is 1. The molecule has 282 valence electrons. The van der Waals surface area contributed by atoms with E-state index in [1.54, 1.807) is 0 Å². The van der Waals surface area contributed by atoms with Crippen molar-refractivity contribution in [2.75, 3.05) is 29.1 Å². The molecule has 3 aromatic carbocycles. The van der Waals surface area contributed by atoms with Crippen LogP contribution in [-0.2, 0) is 41.8 Å². The van der Waals surface area contributed by atoms with E-state index in [1.165, 1.54) is 0 Å². The van der Waals surface area contributed by atoms with E-state index in [4.69, 9.17) is 4.84 Å². The van der Waals surface area contributed by atoms with Crippen molar-refractivity contribution in [2.24, 2.45) is 7.05 Å². The molecule has 1 aromatic heterocycles. The van der Waals surface area contributed by atoms with E-state index in [1.807, 2.05) is 68.8 Å². The van der Waals surface area contributed by atoms with Crippen molar-refractivity contribution in [3.63, 3.8) is 0 Å². The number of fused-ring (bicyclic) bond motifs is 2. The van der Waals surface area contributed by atoms with Gasteiger partial charge in [-0.25, -0.2) is 17.8 Å². The number of allylic oxidation sites excluding steroid dienone is 3. The van der Waals surface area contributed by atoms with Gasteiger partial charge in [-0.15, -0.1) is 5.06 Å². The summed E-state index contributed by atoms with van der Waals surface area (Å²) in [7, 11) is -0.369. The zero-order valence-corrected chi connectivity index (χ0v) is 31.8. The van der Waals surface area contributed by atoms with Gasteiger partial charge in [0.2, 0.25) is 5.52 Å². The number of unbranched alkanes of at least 4 members (excludes halogenated alkanes) is 2. The number of carbonyl (C=O) groups excluding carboxylic acids is 3. The topological polar surface area (TPSA) is 131 Å². The van der Waals surface area contributed by atoms with E-state index in [0.717, 1.165) is 51.2 Å². The Morgan fingerprint density at radius 3 is 2.41 bits per heavy atom. The van der Waals surface area contributed by atoms with Gasteiger partial charge < -0.3 is 19.2 Å². The summed E-state index contributed by atoms with van der Waals surface area (Å²) in [6, 6.07) is 26.7. The molecule has 0 saturated carbocycles. The highest BCUT2D eigenvalue weighted by Crippen LogP contribution is 2.52. The zero-order valence-electron chi connectivity index (χ0n) is 30.9. The molecule has 11 nitrogen and oxygen atoms in total. The molecule has 54 heavy (non-hydrogen) atoms. The largest absolute Gasteiger partial charge is 0.748 e. The third-order valence-corrected chi connectivity index (χ3v) is 11.2. The van der Waals surface area contributed by atoms with E-state index in [0.29, 0.717) is 30.9 Å². The van der Waals surface area contributed by atoms with Crippen molar-refractivity contribution in [1.29, 1.82) is 0 Å². The van der Waals surface area contributed by atoms with Gasteiger partial charge in [0.15, 0.2) is 6.20 Å². The van der Waals surface area contributed by atoms with Crippen LogP contribution in [0.5, 0.6) is 0 Å². The maximum atomic E-state index is 12.5. The molecule has 2 aliphatic rings. The maximum Gasteiger partial charge on any atom is 0.333 e. The number of aryl methyl sites for hydroxylation is 1. The molecular formula is C42H46N4O7S. The fourth-order valence-electron chi connectivity index (χ4n) is 7.46. The smallest absolute Gasteiger partial charge is 0.333 e. The van der Waals surface area contributed by atoms with Crippen LogP contribution in [0, 0.1) is 0 Å². The Bertz CT molecular complexity index is 2200. The van der Waals surface area contributed by atoms with Crippen molar-refractivity contribution in [3.8, 4) is 0 Å². The van der Waals surface area contributed by atoms with E-state index < -0.39 is 39.1 Å². The van der Waals surface area contributed by atoms with Crippen LogP contribution in [0.1, 0.15) is 69.4 Å². The molecule has 2 aliphatic heterocycles. The molecule has 1 atom stereocenters. The van der Waals surface area contributed by atoms with E-state index in [2.05, 4.69) is 69.8 Å².